The maximum absolute atomic E-state index is 5.00. The number of hydrogen-bond acceptors (Lipinski definition) is 1. The Hall–Kier alpha value is -0.340. The summed E-state index contributed by atoms with van der Waals surface area (Å²) < 4.78 is 5.00. The summed E-state index contributed by atoms with van der Waals surface area (Å²) in [6.45, 7) is 6.52. The Kier molecular flexibility index (Phi) is 8.05. The lowest BCUT2D eigenvalue weighted by molar-refractivity contribution is 0.225. The van der Waals surface area contributed by atoms with Crippen LogP contribution in [0.4, 0.5) is 0 Å². The van der Waals surface area contributed by atoms with E-state index in [1.54, 1.807) is 7.11 Å². The molecule has 0 unspecified atom stereocenters. The average Bonchev–Trinajstić information content (AvgIpc) is 2.13. The zero-order chi connectivity index (χ0) is 10.1. The topological polar surface area (TPSA) is 9.23 Å². The summed E-state index contributed by atoms with van der Waals surface area (Å²) in [6.07, 6.45) is 6.13. The molecule has 0 heterocycles. The summed E-state index contributed by atoms with van der Waals surface area (Å²) >= 11 is 3.30. The number of allylic oxidation sites excluding steroid dienone is 3. The van der Waals surface area contributed by atoms with Gasteiger partial charge in [0.2, 0.25) is 0 Å². The molecule has 0 aliphatic rings. The fraction of sp³-hybridized carbons (Fsp3) is 0.455. The predicted molar refractivity (Wildman–Crippen MR) is 62.1 cm³/mol. The fourth-order valence-corrected chi connectivity index (χ4v) is 1.39. The van der Waals surface area contributed by atoms with Crippen LogP contribution in [0.5, 0.6) is 0 Å². The minimum atomic E-state index is 0.724. The van der Waals surface area contributed by atoms with E-state index in [1.165, 1.54) is 11.1 Å². The molecule has 0 amide bonds. The Morgan fingerprint density at radius 2 is 2.23 bits per heavy atom. The molecule has 0 aromatic carbocycles. The lowest BCUT2D eigenvalue weighted by atomic mass is 10.1. The third-order valence-corrected chi connectivity index (χ3v) is 2.29. The quantitative estimate of drug-likeness (QED) is 0.510. The minimum absolute atomic E-state index is 0.724. The molecule has 0 saturated carbocycles. The van der Waals surface area contributed by atoms with E-state index in [2.05, 4.69) is 35.5 Å². The van der Waals surface area contributed by atoms with E-state index in [4.69, 9.17) is 4.74 Å². The molecule has 0 atom stereocenters. The third-order valence-electron chi connectivity index (χ3n) is 1.70. The number of hydrogen-bond donors (Lipinski definition) is 0. The first-order chi connectivity index (χ1) is 6.24. The Labute approximate surface area is 89.3 Å². The molecule has 0 aliphatic carbocycles. The van der Waals surface area contributed by atoms with Crippen LogP contribution in [-0.4, -0.2) is 13.7 Å². The van der Waals surface area contributed by atoms with Crippen molar-refractivity contribution < 1.29 is 4.74 Å². The van der Waals surface area contributed by atoms with Crippen LogP contribution in [0, 0.1) is 0 Å². The summed E-state index contributed by atoms with van der Waals surface area (Å²) in [6, 6.07) is 0. The highest BCUT2D eigenvalue weighted by atomic mass is 79.9. The molecular formula is C11H17BrO. The van der Waals surface area contributed by atoms with Crippen molar-refractivity contribution >= 4 is 15.9 Å². The average molecular weight is 245 g/mol. The van der Waals surface area contributed by atoms with Gasteiger partial charge in [0, 0.05) is 7.11 Å². The number of ether oxygens (including phenoxy) is 1. The molecule has 13 heavy (non-hydrogen) atoms. The molecule has 0 fully saturated rings. The van der Waals surface area contributed by atoms with E-state index in [9.17, 15) is 0 Å². The molecule has 1 nitrogen and oxygen atoms in total. The lowest BCUT2D eigenvalue weighted by Gasteiger charge is -2.00. The van der Waals surface area contributed by atoms with Crippen LogP contribution in [0.3, 0.4) is 0 Å². The standard InChI is InChI=1S/C11H17BrO/c1-4-11(8-12)7-5-6-10(2)9-13-3/h4,6,8H,1,5,7,9H2,2-3H3/b10-6+,11-8-. The summed E-state index contributed by atoms with van der Waals surface area (Å²) in [5, 5.41) is 0. The Bertz CT molecular complexity index is 204. The van der Waals surface area contributed by atoms with E-state index in [-0.39, 0.29) is 0 Å². The van der Waals surface area contributed by atoms with Crippen molar-refractivity contribution in [1.29, 1.82) is 0 Å². The maximum atomic E-state index is 5.00. The minimum Gasteiger partial charge on any atom is -0.380 e. The van der Waals surface area contributed by atoms with Gasteiger partial charge in [-0.3, -0.25) is 0 Å². The summed E-state index contributed by atoms with van der Waals surface area (Å²) in [5.74, 6) is 0. The van der Waals surface area contributed by atoms with Crippen molar-refractivity contribution in [3.8, 4) is 0 Å². The maximum Gasteiger partial charge on any atom is 0.0670 e. The van der Waals surface area contributed by atoms with E-state index in [0.717, 1.165) is 19.4 Å². The van der Waals surface area contributed by atoms with E-state index in [1.807, 2.05) is 11.1 Å². The van der Waals surface area contributed by atoms with Gasteiger partial charge < -0.3 is 4.74 Å². The molecule has 0 spiro atoms. The first kappa shape index (κ1) is 12.7. The molecule has 0 radical (unpaired) electrons. The van der Waals surface area contributed by atoms with Gasteiger partial charge in [-0.2, -0.15) is 0 Å². The molecule has 74 valence electrons. The lowest BCUT2D eigenvalue weighted by Crippen LogP contribution is -1.89. The molecule has 0 saturated heterocycles. The zero-order valence-electron chi connectivity index (χ0n) is 8.35. The van der Waals surface area contributed by atoms with Gasteiger partial charge in [0.1, 0.15) is 0 Å². The van der Waals surface area contributed by atoms with Gasteiger partial charge >= 0.3 is 0 Å². The summed E-state index contributed by atoms with van der Waals surface area (Å²) in [4.78, 5) is 1.92. The summed E-state index contributed by atoms with van der Waals surface area (Å²) in [7, 11) is 1.71. The van der Waals surface area contributed by atoms with Crippen LogP contribution in [0.2, 0.25) is 0 Å². The van der Waals surface area contributed by atoms with Gasteiger partial charge in [-0.25, -0.2) is 0 Å². The van der Waals surface area contributed by atoms with E-state index < -0.39 is 0 Å². The van der Waals surface area contributed by atoms with Gasteiger partial charge in [-0.15, -0.1) is 0 Å². The highest BCUT2D eigenvalue weighted by molar-refractivity contribution is 9.11. The van der Waals surface area contributed by atoms with Crippen molar-refractivity contribution in [1.82, 2.24) is 0 Å². The van der Waals surface area contributed by atoms with Gasteiger partial charge in [0.15, 0.2) is 0 Å². The Morgan fingerprint density at radius 3 is 2.69 bits per heavy atom. The van der Waals surface area contributed by atoms with Crippen molar-refractivity contribution in [3.05, 3.63) is 34.9 Å². The first-order valence-electron chi connectivity index (χ1n) is 4.30. The van der Waals surface area contributed by atoms with Crippen LogP contribution in [0.25, 0.3) is 0 Å². The van der Waals surface area contributed by atoms with Crippen molar-refractivity contribution in [3.63, 3.8) is 0 Å². The molecule has 0 rings (SSSR count). The van der Waals surface area contributed by atoms with Crippen LogP contribution < -0.4 is 0 Å². The smallest absolute Gasteiger partial charge is 0.0670 e. The van der Waals surface area contributed by atoms with Crippen LogP contribution in [0.1, 0.15) is 19.8 Å². The monoisotopic (exact) mass is 244 g/mol. The van der Waals surface area contributed by atoms with Crippen molar-refractivity contribution in [2.45, 2.75) is 19.8 Å². The van der Waals surface area contributed by atoms with E-state index in [0.29, 0.717) is 0 Å². The second kappa shape index (κ2) is 8.27. The Morgan fingerprint density at radius 1 is 1.54 bits per heavy atom. The number of methoxy groups -OCH3 is 1. The predicted octanol–water partition coefficient (Wildman–Crippen LogP) is 3.82. The van der Waals surface area contributed by atoms with Crippen LogP contribution >= 0.6 is 15.9 Å². The molecule has 0 bridgehead atoms. The Balaban J connectivity index is 3.77. The van der Waals surface area contributed by atoms with Crippen LogP contribution in [0.15, 0.2) is 34.9 Å². The molecule has 2 heteroatoms. The van der Waals surface area contributed by atoms with Crippen molar-refractivity contribution in [2.75, 3.05) is 13.7 Å². The second-order valence-corrected chi connectivity index (χ2v) is 3.37. The highest BCUT2D eigenvalue weighted by Crippen LogP contribution is 2.10. The van der Waals surface area contributed by atoms with Gasteiger partial charge in [-0.05, 0) is 30.3 Å². The largest absolute Gasteiger partial charge is 0.380 e. The van der Waals surface area contributed by atoms with Crippen LogP contribution in [-0.2, 0) is 4.74 Å². The molecule has 0 aromatic rings. The SMILES string of the molecule is C=C/C(=C/Br)CC/C=C(\C)COC. The summed E-state index contributed by atoms with van der Waals surface area (Å²) in [5.41, 5.74) is 2.50. The zero-order valence-corrected chi connectivity index (χ0v) is 9.93. The number of halogens is 1. The van der Waals surface area contributed by atoms with E-state index >= 15 is 0 Å². The third kappa shape index (κ3) is 6.79. The van der Waals surface area contributed by atoms with Gasteiger partial charge in [0.05, 0.1) is 6.61 Å². The number of rotatable bonds is 6. The van der Waals surface area contributed by atoms with Gasteiger partial charge in [-0.1, -0.05) is 40.2 Å². The second-order valence-electron chi connectivity index (χ2n) is 2.91. The highest BCUT2D eigenvalue weighted by Gasteiger charge is 1.90. The molecular weight excluding hydrogens is 228 g/mol. The molecule has 0 aromatic heterocycles. The molecule has 0 N–H and O–H groups in total. The molecule has 0 aliphatic heterocycles. The van der Waals surface area contributed by atoms with Gasteiger partial charge in [0.25, 0.3) is 0 Å². The first-order valence-corrected chi connectivity index (χ1v) is 5.22. The normalized spacial score (nSPS) is 13.2. The fourth-order valence-electron chi connectivity index (χ4n) is 0.973. The van der Waals surface area contributed by atoms with Crippen molar-refractivity contribution in [2.24, 2.45) is 0 Å².